The first-order valence-corrected chi connectivity index (χ1v) is 11.6. The maximum absolute atomic E-state index is 13.4. The summed E-state index contributed by atoms with van der Waals surface area (Å²) in [5.41, 5.74) is 9.42. The zero-order valence-corrected chi connectivity index (χ0v) is 19.3. The molecule has 1 unspecified atom stereocenters. The summed E-state index contributed by atoms with van der Waals surface area (Å²) in [6, 6.07) is 24.9. The second-order valence-electron chi connectivity index (χ2n) is 8.83. The second kappa shape index (κ2) is 8.46. The predicted molar refractivity (Wildman–Crippen MR) is 137 cm³/mol. The van der Waals surface area contributed by atoms with Crippen LogP contribution in [0.15, 0.2) is 97.1 Å². The highest BCUT2D eigenvalue weighted by molar-refractivity contribution is 6.35. The van der Waals surface area contributed by atoms with Gasteiger partial charge in [-0.1, -0.05) is 66.7 Å². The quantitative estimate of drug-likeness (QED) is 0.402. The zero-order valence-electron chi connectivity index (χ0n) is 19.3. The van der Waals surface area contributed by atoms with E-state index < -0.39 is 11.4 Å². The van der Waals surface area contributed by atoms with Crippen LogP contribution in [0.1, 0.15) is 16.7 Å². The third-order valence-corrected chi connectivity index (χ3v) is 6.75. The van der Waals surface area contributed by atoms with Gasteiger partial charge in [0.1, 0.15) is 6.26 Å². The average Bonchev–Trinajstić information content (AvgIpc) is 3.63. The van der Waals surface area contributed by atoms with Crippen LogP contribution in [0.5, 0.6) is 0 Å². The molecule has 36 heavy (non-hydrogen) atoms. The number of nitrogens with one attached hydrogen (secondary N) is 1. The molecule has 178 valence electrons. The van der Waals surface area contributed by atoms with Gasteiger partial charge >= 0.3 is 0 Å². The summed E-state index contributed by atoms with van der Waals surface area (Å²) in [5.74, 6) is -0.413. The number of carbonyl (C=O) groups is 2. The van der Waals surface area contributed by atoms with Crippen molar-refractivity contribution in [3.05, 3.63) is 114 Å². The van der Waals surface area contributed by atoms with Crippen molar-refractivity contribution >= 4 is 40.1 Å². The maximum atomic E-state index is 13.4. The van der Waals surface area contributed by atoms with Crippen molar-refractivity contribution in [1.29, 1.82) is 0 Å². The number of aromatic nitrogens is 1. The van der Waals surface area contributed by atoms with Gasteiger partial charge in [-0.05, 0) is 23.8 Å². The number of anilines is 1. The lowest BCUT2D eigenvalue weighted by Gasteiger charge is -2.33. The molecule has 7 heteroatoms. The smallest absolute Gasteiger partial charge is 0.256 e. The predicted octanol–water partition coefficient (Wildman–Crippen LogP) is 4.40. The number of hydrogen-bond donors (Lipinski definition) is 2. The Bertz CT molecular complexity index is 1570. The molecule has 0 saturated heterocycles. The summed E-state index contributed by atoms with van der Waals surface area (Å²) in [6.45, 7) is 0.00617. The minimum Gasteiger partial charge on any atom is -0.461 e. The summed E-state index contributed by atoms with van der Waals surface area (Å²) in [7, 11) is 0. The second-order valence-corrected chi connectivity index (χ2v) is 8.83. The first-order chi connectivity index (χ1) is 17.6. The molecule has 3 N–H and O–H groups in total. The number of nitrogens with zero attached hydrogens (tertiary/aromatic N) is 1. The summed E-state index contributed by atoms with van der Waals surface area (Å²) in [4.78, 5) is 26.2. The molecule has 0 bridgehead atoms. The largest absolute Gasteiger partial charge is 0.461 e. The standard InChI is InChI=1S/C29H23N3O4/c30-28(34)29(26-17-35-18-36-26,15-19-8-2-1-3-9-19)32-16-20(21-10-5-7-13-25(21)32)14-23-22-11-4-6-12-24(22)31-27(23)33/h1-14,16-17H,15,18H2,(H2,30,34)(H,31,33). The fraction of sp³-hybridized carbons (Fsp3) is 0.103. The highest BCUT2D eigenvalue weighted by atomic mass is 16.7. The molecule has 0 aliphatic carbocycles. The van der Waals surface area contributed by atoms with Crippen LogP contribution in [0.4, 0.5) is 5.69 Å². The molecular formula is C29H23N3O4. The van der Waals surface area contributed by atoms with E-state index >= 15 is 0 Å². The molecule has 3 heterocycles. The van der Waals surface area contributed by atoms with Gasteiger partial charge in [-0.3, -0.25) is 9.59 Å². The molecule has 7 nitrogen and oxygen atoms in total. The molecular weight excluding hydrogens is 454 g/mol. The molecule has 0 saturated carbocycles. The summed E-state index contributed by atoms with van der Waals surface area (Å²) in [6.07, 6.45) is 5.44. The summed E-state index contributed by atoms with van der Waals surface area (Å²) < 4.78 is 13.0. The summed E-state index contributed by atoms with van der Waals surface area (Å²) >= 11 is 0. The number of primary amides is 1. The van der Waals surface area contributed by atoms with Crippen molar-refractivity contribution in [2.45, 2.75) is 12.0 Å². The Morgan fingerprint density at radius 1 is 1.03 bits per heavy atom. The van der Waals surface area contributed by atoms with Crippen molar-refractivity contribution in [2.75, 3.05) is 12.1 Å². The van der Waals surface area contributed by atoms with E-state index in [1.54, 1.807) is 0 Å². The van der Waals surface area contributed by atoms with Gasteiger partial charge in [0, 0.05) is 45.9 Å². The first-order valence-electron chi connectivity index (χ1n) is 11.6. The van der Waals surface area contributed by atoms with E-state index in [4.69, 9.17) is 15.2 Å². The van der Waals surface area contributed by atoms with Gasteiger partial charge < -0.3 is 25.1 Å². The molecule has 2 aliphatic heterocycles. The lowest BCUT2D eigenvalue weighted by molar-refractivity contribution is -0.126. The van der Waals surface area contributed by atoms with Crippen molar-refractivity contribution < 1.29 is 19.1 Å². The highest BCUT2D eigenvalue weighted by Gasteiger charge is 2.47. The van der Waals surface area contributed by atoms with Crippen molar-refractivity contribution in [3.63, 3.8) is 0 Å². The van der Waals surface area contributed by atoms with Gasteiger partial charge in [0.2, 0.25) is 6.79 Å². The van der Waals surface area contributed by atoms with E-state index in [0.717, 1.165) is 33.3 Å². The van der Waals surface area contributed by atoms with Gasteiger partial charge in [0.05, 0.1) is 0 Å². The normalized spacial score (nSPS) is 17.2. The van der Waals surface area contributed by atoms with Crippen molar-refractivity contribution in [2.24, 2.45) is 5.73 Å². The molecule has 6 rings (SSSR count). The summed E-state index contributed by atoms with van der Waals surface area (Å²) in [5, 5.41) is 3.79. The van der Waals surface area contributed by atoms with Crippen LogP contribution in [-0.2, 0) is 31.0 Å². The van der Waals surface area contributed by atoms with Crippen LogP contribution in [0, 0.1) is 0 Å². The Labute approximate surface area is 207 Å². The number of amides is 2. The van der Waals surface area contributed by atoms with Crippen LogP contribution in [0.2, 0.25) is 0 Å². The Morgan fingerprint density at radius 3 is 2.56 bits per heavy atom. The van der Waals surface area contributed by atoms with E-state index in [2.05, 4.69) is 5.32 Å². The Morgan fingerprint density at radius 2 is 1.78 bits per heavy atom. The fourth-order valence-electron chi connectivity index (χ4n) is 5.04. The molecule has 1 atom stereocenters. The first kappa shape index (κ1) is 21.7. The minimum atomic E-state index is -1.38. The van der Waals surface area contributed by atoms with Gasteiger partial charge in [-0.2, -0.15) is 0 Å². The number of ether oxygens (including phenoxy) is 2. The topological polar surface area (TPSA) is 95.6 Å². The molecule has 2 amide bonds. The third kappa shape index (κ3) is 3.36. The molecule has 1 aromatic heterocycles. The van der Waals surface area contributed by atoms with Gasteiger partial charge in [0.25, 0.3) is 11.8 Å². The van der Waals surface area contributed by atoms with Crippen molar-refractivity contribution in [1.82, 2.24) is 4.57 Å². The number of fused-ring (bicyclic) bond motifs is 2. The Hall–Kier alpha value is -4.78. The third-order valence-electron chi connectivity index (χ3n) is 6.75. The minimum absolute atomic E-state index is 0.00617. The van der Waals surface area contributed by atoms with Crippen LogP contribution in [0.3, 0.4) is 0 Å². The zero-order chi connectivity index (χ0) is 24.7. The molecule has 3 aromatic carbocycles. The van der Waals surface area contributed by atoms with E-state index in [-0.39, 0.29) is 19.1 Å². The molecule has 0 radical (unpaired) electrons. The van der Waals surface area contributed by atoms with Crippen LogP contribution in [-0.4, -0.2) is 23.2 Å². The molecule has 0 fully saturated rings. The number of para-hydroxylation sites is 2. The van der Waals surface area contributed by atoms with Crippen LogP contribution < -0.4 is 11.1 Å². The molecule has 4 aromatic rings. The lowest BCUT2D eigenvalue weighted by Crippen LogP contribution is -2.49. The van der Waals surface area contributed by atoms with Crippen LogP contribution >= 0.6 is 0 Å². The number of hydrogen-bond acceptors (Lipinski definition) is 4. The SMILES string of the molecule is NC(=O)C(Cc1ccccc1)(C1=COCO1)n1cc(C=C2C(=O)Nc3ccccc32)c2ccccc21. The number of carbonyl (C=O) groups excluding carboxylic acids is 2. The fourth-order valence-corrected chi connectivity index (χ4v) is 5.04. The Kier molecular flexibility index (Phi) is 5.11. The van der Waals surface area contributed by atoms with E-state index in [0.29, 0.717) is 11.3 Å². The van der Waals surface area contributed by atoms with Gasteiger partial charge in [-0.15, -0.1) is 0 Å². The molecule has 2 aliphatic rings. The molecule has 0 spiro atoms. The van der Waals surface area contributed by atoms with Gasteiger partial charge in [-0.25, -0.2) is 0 Å². The lowest BCUT2D eigenvalue weighted by atomic mass is 9.87. The Balaban J connectivity index is 1.59. The average molecular weight is 478 g/mol. The van der Waals surface area contributed by atoms with E-state index in [1.165, 1.54) is 6.26 Å². The van der Waals surface area contributed by atoms with E-state index in [9.17, 15) is 9.59 Å². The highest BCUT2D eigenvalue weighted by Crippen LogP contribution is 2.40. The van der Waals surface area contributed by atoms with E-state index in [1.807, 2.05) is 95.7 Å². The maximum Gasteiger partial charge on any atom is 0.256 e. The number of benzene rings is 3. The van der Waals surface area contributed by atoms with Crippen molar-refractivity contribution in [3.8, 4) is 0 Å². The monoisotopic (exact) mass is 477 g/mol. The van der Waals surface area contributed by atoms with Gasteiger partial charge in [0.15, 0.2) is 11.3 Å². The number of nitrogens with two attached hydrogens (primary N) is 1. The van der Waals surface area contributed by atoms with Crippen LogP contribution in [0.25, 0.3) is 22.6 Å². The number of rotatable bonds is 6.